The molecule has 0 heterocycles. The highest BCUT2D eigenvalue weighted by Gasteiger charge is 2.09. The standard InChI is InChI=1S/C8H8BrClFNO/c9-5-3-6(10)8(7(11)4-5)13-2-1-12/h3-4H,1-2,12H2. The van der Waals surface area contributed by atoms with Gasteiger partial charge >= 0.3 is 0 Å². The van der Waals surface area contributed by atoms with Crippen LogP contribution in [0, 0.1) is 5.82 Å². The maximum Gasteiger partial charge on any atom is 0.173 e. The first-order valence-electron chi connectivity index (χ1n) is 3.62. The average Bonchev–Trinajstić information content (AvgIpc) is 2.02. The van der Waals surface area contributed by atoms with Crippen LogP contribution in [0.5, 0.6) is 5.75 Å². The summed E-state index contributed by atoms with van der Waals surface area (Å²) in [6.45, 7) is 0.574. The Bertz CT molecular complexity index is 285. The highest BCUT2D eigenvalue weighted by atomic mass is 79.9. The molecule has 0 atom stereocenters. The molecule has 0 unspecified atom stereocenters. The summed E-state index contributed by atoms with van der Waals surface area (Å²) in [5.41, 5.74) is 5.21. The van der Waals surface area contributed by atoms with Gasteiger partial charge in [0.15, 0.2) is 11.6 Å². The molecule has 1 aromatic rings. The van der Waals surface area contributed by atoms with Crippen LogP contribution in [0.25, 0.3) is 0 Å². The third-order valence-corrected chi connectivity index (χ3v) is 2.07. The van der Waals surface area contributed by atoms with Gasteiger partial charge in [0.25, 0.3) is 0 Å². The lowest BCUT2D eigenvalue weighted by Gasteiger charge is -2.07. The second kappa shape index (κ2) is 4.79. The molecule has 13 heavy (non-hydrogen) atoms. The molecule has 0 saturated heterocycles. The summed E-state index contributed by atoms with van der Waals surface area (Å²) in [6.07, 6.45) is 0. The van der Waals surface area contributed by atoms with Crippen molar-refractivity contribution in [2.24, 2.45) is 5.73 Å². The Morgan fingerprint density at radius 1 is 1.54 bits per heavy atom. The highest BCUT2D eigenvalue weighted by molar-refractivity contribution is 9.10. The van der Waals surface area contributed by atoms with Gasteiger partial charge in [-0.05, 0) is 12.1 Å². The predicted octanol–water partition coefficient (Wildman–Crippen LogP) is 2.58. The molecule has 1 rings (SSSR count). The Morgan fingerprint density at radius 3 is 2.77 bits per heavy atom. The van der Waals surface area contributed by atoms with Gasteiger partial charge in [0.1, 0.15) is 6.61 Å². The Balaban J connectivity index is 2.92. The van der Waals surface area contributed by atoms with Gasteiger partial charge in [-0.2, -0.15) is 0 Å². The summed E-state index contributed by atoms with van der Waals surface area (Å²) < 4.78 is 18.8. The van der Waals surface area contributed by atoms with Gasteiger partial charge < -0.3 is 10.5 Å². The maximum atomic E-state index is 13.2. The first-order valence-corrected chi connectivity index (χ1v) is 4.79. The van der Waals surface area contributed by atoms with Gasteiger partial charge in [-0.3, -0.25) is 0 Å². The van der Waals surface area contributed by atoms with Crippen molar-refractivity contribution in [3.05, 3.63) is 27.4 Å². The molecule has 2 N–H and O–H groups in total. The van der Waals surface area contributed by atoms with E-state index in [4.69, 9.17) is 22.1 Å². The van der Waals surface area contributed by atoms with Gasteiger partial charge in [0.2, 0.25) is 0 Å². The summed E-state index contributed by atoms with van der Waals surface area (Å²) in [4.78, 5) is 0. The molecular formula is C8H8BrClFNO. The lowest BCUT2D eigenvalue weighted by molar-refractivity contribution is 0.311. The van der Waals surface area contributed by atoms with Crippen LogP contribution in [-0.4, -0.2) is 13.2 Å². The molecule has 1 aromatic carbocycles. The highest BCUT2D eigenvalue weighted by Crippen LogP contribution is 2.31. The summed E-state index contributed by atoms with van der Waals surface area (Å²) in [5, 5.41) is 0.236. The van der Waals surface area contributed by atoms with Gasteiger partial charge in [-0.15, -0.1) is 0 Å². The van der Waals surface area contributed by atoms with E-state index in [1.165, 1.54) is 6.07 Å². The van der Waals surface area contributed by atoms with Crippen LogP contribution in [0.4, 0.5) is 4.39 Å². The van der Waals surface area contributed by atoms with Crippen molar-refractivity contribution in [3.8, 4) is 5.75 Å². The molecule has 0 aliphatic carbocycles. The molecule has 72 valence electrons. The van der Waals surface area contributed by atoms with Crippen LogP contribution < -0.4 is 10.5 Å². The SMILES string of the molecule is NCCOc1c(F)cc(Br)cc1Cl. The number of ether oxygens (including phenoxy) is 1. The molecule has 0 spiro atoms. The quantitative estimate of drug-likeness (QED) is 0.914. The monoisotopic (exact) mass is 267 g/mol. The van der Waals surface area contributed by atoms with E-state index in [0.717, 1.165) is 0 Å². The van der Waals surface area contributed by atoms with Crippen LogP contribution in [-0.2, 0) is 0 Å². The number of hydrogen-bond acceptors (Lipinski definition) is 2. The van der Waals surface area contributed by atoms with Crippen molar-refractivity contribution < 1.29 is 9.13 Å². The number of halogens is 3. The molecule has 0 saturated carbocycles. The fraction of sp³-hybridized carbons (Fsp3) is 0.250. The fourth-order valence-corrected chi connectivity index (χ4v) is 1.65. The van der Waals surface area contributed by atoms with Gasteiger partial charge in [-0.25, -0.2) is 4.39 Å². The van der Waals surface area contributed by atoms with Crippen LogP contribution >= 0.6 is 27.5 Å². The average molecular weight is 269 g/mol. The Labute approximate surface area is 89.0 Å². The summed E-state index contributed by atoms with van der Waals surface area (Å²) in [5.74, 6) is -0.442. The lowest BCUT2D eigenvalue weighted by Crippen LogP contribution is -2.11. The van der Waals surface area contributed by atoms with E-state index in [9.17, 15) is 4.39 Å². The van der Waals surface area contributed by atoms with Crippen molar-refractivity contribution in [3.63, 3.8) is 0 Å². The minimum Gasteiger partial charge on any atom is -0.488 e. The molecular weight excluding hydrogens is 260 g/mol. The van der Waals surface area contributed by atoms with Gasteiger partial charge in [0, 0.05) is 11.0 Å². The van der Waals surface area contributed by atoms with E-state index in [1.807, 2.05) is 0 Å². The van der Waals surface area contributed by atoms with E-state index in [1.54, 1.807) is 6.07 Å². The minimum atomic E-state index is -0.493. The molecule has 0 aliphatic heterocycles. The van der Waals surface area contributed by atoms with E-state index < -0.39 is 5.82 Å². The summed E-state index contributed by atoms with van der Waals surface area (Å²) in [7, 11) is 0. The zero-order valence-electron chi connectivity index (χ0n) is 6.69. The third kappa shape index (κ3) is 2.83. The summed E-state index contributed by atoms with van der Waals surface area (Å²) >= 11 is 8.85. The molecule has 0 aromatic heterocycles. The molecule has 5 heteroatoms. The zero-order valence-corrected chi connectivity index (χ0v) is 9.03. The largest absolute Gasteiger partial charge is 0.488 e. The van der Waals surface area contributed by atoms with Gasteiger partial charge in [0.05, 0.1) is 5.02 Å². The maximum absolute atomic E-state index is 13.2. The van der Waals surface area contributed by atoms with E-state index in [0.29, 0.717) is 11.0 Å². The topological polar surface area (TPSA) is 35.2 Å². The first-order chi connectivity index (χ1) is 6.15. The molecule has 0 fully saturated rings. The van der Waals surface area contributed by atoms with Crippen molar-refractivity contribution in [1.29, 1.82) is 0 Å². The molecule has 0 radical (unpaired) electrons. The van der Waals surface area contributed by atoms with Crippen molar-refractivity contribution in [1.82, 2.24) is 0 Å². The third-order valence-electron chi connectivity index (χ3n) is 1.33. The number of rotatable bonds is 3. The second-order valence-corrected chi connectivity index (χ2v) is 3.66. The van der Waals surface area contributed by atoms with Crippen LogP contribution in [0.1, 0.15) is 0 Å². The van der Waals surface area contributed by atoms with Crippen LogP contribution in [0.2, 0.25) is 5.02 Å². The Hall–Kier alpha value is -0.320. The van der Waals surface area contributed by atoms with Crippen LogP contribution in [0.15, 0.2) is 16.6 Å². The van der Waals surface area contributed by atoms with Gasteiger partial charge in [-0.1, -0.05) is 27.5 Å². The lowest BCUT2D eigenvalue weighted by atomic mass is 10.3. The van der Waals surface area contributed by atoms with Crippen LogP contribution in [0.3, 0.4) is 0 Å². The minimum absolute atomic E-state index is 0.0512. The number of benzene rings is 1. The number of nitrogens with two attached hydrogens (primary N) is 1. The zero-order chi connectivity index (χ0) is 9.84. The van der Waals surface area contributed by atoms with Crippen molar-refractivity contribution in [2.75, 3.05) is 13.2 Å². The number of hydrogen-bond donors (Lipinski definition) is 1. The van der Waals surface area contributed by atoms with E-state index in [-0.39, 0.29) is 17.4 Å². The smallest absolute Gasteiger partial charge is 0.173 e. The Kier molecular flexibility index (Phi) is 3.96. The normalized spacial score (nSPS) is 10.2. The Morgan fingerprint density at radius 2 is 2.23 bits per heavy atom. The van der Waals surface area contributed by atoms with Crippen molar-refractivity contribution in [2.45, 2.75) is 0 Å². The second-order valence-electron chi connectivity index (χ2n) is 2.34. The van der Waals surface area contributed by atoms with E-state index in [2.05, 4.69) is 15.9 Å². The first kappa shape index (κ1) is 10.8. The molecule has 0 amide bonds. The molecule has 2 nitrogen and oxygen atoms in total. The predicted molar refractivity (Wildman–Crippen MR) is 53.7 cm³/mol. The summed E-state index contributed by atoms with van der Waals surface area (Å²) in [6, 6.07) is 2.86. The van der Waals surface area contributed by atoms with E-state index >= 15 is 0 Å². The molecule has 0 aliphatic rings. The molecule has 0 bridgehead atoms. The fourth-order valence-electron chi connectivity index (χ4n) is 0.828. The van der Waals surface area contributed by atoms with Crippen molar-refractivity contribution >= 4 is 27.5 Å².